The Labute approximate surface area is 130 Å². The average molecular weight is 352 g/mol. The molecular formula is C14H14BrN3O3. The molecule has 3 N–H and O–H groups in total. The Hall–Kier alpha value is -2.28. The molecule has 0 unspecified atom stereocenters. The largest absolute Gasteiger partial charge is 0.493 e. The number of nitrogens with one attached hydrogen (secondary N) is 1. The standard InChI is InChI=1S/C14H14BrN3O3/c1-20-11-5-9(10(16)6-12(11)21-2)14(19)18-13-4-3-8(15)7-17-13/h3-7H,16H2,1-2H3,(H,17,18,19). The maximum Gasteiger partial charge on any atom is 0.259 e. The Balaban J connectivity index is 2.28. The van der Waals surface area contributed by atoms with Crippen LogP contribution >= 0.6 is 15.9 Å². The zero-order valence-corrected chi connectivity index (χ0v) is 13.1. The molecule has 0 fully saturated rings. The van der Waals surface area contributed by atoms with Crippen molar-refractivity contribution < 1.29 is 14.3 Å². The minimum absolute atomic E-state index is 0.289. The van der Waals surface area contributed by atoms with Crippen LogP contribution in [0, 0.1) is 0 Å². The van der Waals surface area contributed by atoms with E-state index in [1.54, 1.807) is 24.4 Å². The molecule has 0 atom stereocenters. The summed E-state index contributed by atoms with van der Waals surface area (Å²) in [6.45, 7) is 0. The van der Waals surface area contributed by atoms with Crippen molar-refractivity contribution >= 4 is 33.3 Å². The summed E-state index contributed by atoms with van der Waals surface area (Å²) < 4.78 is 11.1. The predicted octanol–water partition coefficient (Wildman–Crippen LogP) is 2.70. The first-order valence-electron chi connectivity index (χ1n) is 5.99. The van der Waals surface area contributed by atoms with Crippen molar-refractivity contribution in [2.24, 2.45) is 0 Å². The maximum absolute atomic E-state index is 12.2. The van der Waals surface area contributed by atoms with Crippen molar-refractivity contribution in [1.29, 1.82) is 0 Å². The molecule has 0 saturated carbocycles. The maximum atomic E-state index is 12.2. The molecule has 0 aliphatic rings. The van der Waals surface area contributed by atoms with Gasteiger partial charge in [-0.3, -0.25) is 4.79 Å². The van der Waals surface area contributed by atoms with Crippen LogP contribution in [0.4, 0.5) is 11.5 Å². The molecule has 0 aliphatic heterocycles. The molecule has 0 bridgehead atoms. The highest BCUT2D eigenvalue weighted by atomic mass is 79.9. The first kappa shape index (κ1) is 15.1. The van der Waals surface area contributed by atoms with Gasteiger partial charge in [0.2, 0.25) is 0 Å². The van der Waals surface area contributed by atoms with Crippen LogP contribution in [0.2, 0.25) is 0 Å². The van der Waals surface area contributed by atoms with Crippen molar-refractivity contribution in [3.63, 3.8) is 0 Å². The van der Waals surface area contributed by atoms with Crippen LogP contribution in [-0.4, -0.2) is 25.1 Å². The summed E-state index contributed by atoms with van der Waals surface area (Å²) in [5.41, 5.74) is 6.46. The van der Waals surface area contributed by atoms with E-state index in [-0.39, 0.29) is 11.5 Å². The van der Waals surface area contributed by atoms with Crippen molar-refractivity contribution in [2.45, 2.75) is 0 Å². The number of rotatable bonds is 4. The monoisotopic (exact) mass is 351 g/mol. The van der Waals surface area contributed by atoms with E-state index >= 15 is 0 Å². The highest BCUT2D eigenvalue weighted by molar-refractivity contribution is 9.10. The van der Waals surface area contributed by atoms with Gasteiger partial charge in [-0.15, -0.1) is 0 Å². The molecule has 110 valence electrons. The first-order chi connectivity index (χ1) is 10.0. The molecule has 0 spiro atoms. The molecule has 0 saturated heterocycles. The molecule has 7 heteroatoms. The summed E-state index contributed by atoms with van der Waals surface area (Å²) >= 11 is 3.28. The number of nitrogen functional groups attached to an aromatic ring is 1. The lowest BCUT2D eigenvalue weighted by atomic mass is 10.1. The molecule has 6 nitrogen and oxygen atoms in total. The second kappa shape index (κ2) is 6.45. The smallest absolute Gasteiger partial charge is 0.259 e. The average Bonchev–Trinajstić information content (AvgIpc) is 2.49. The fourth-order valence-electron chi connectivity index (χ4n) is 1.72. The molecule has 1 aromatic heterocycles. The number of hydrogen-bond acceptors (Lipinski definition) is 5. The van der Waals surface area contributed by atoms with E-state index in [0.29, 0.717) is 23.0 Å². The third-order valence-corrected chi connectivity index (χ3v) is 3.24. The lowest BCUT2D eigenvalue weighted by molar-refractivity contribution is 0.102. The van der Waals surface area contributed by atoms with Crippen LogP contribution in [-0.2, 0) is 0 Å². The Kier molecular flexibility index (Phi) is 4.64. The van der Waals surface area contributed by atoms with E-state index in [2.05, 4.69) is 26.2 Å². The van der Waals surface area contributed by atoms with E-state index < -0.39 is 0 Å². The van der Waals surface area contributed by atoms with Gasteiger partial charge in [0.05, 0.1) is 19.8 Å². The minimum atomic E-state index is -0.372. The van der Waals surface area contributed by atoms with Gasteiger partial charge in [0.1, 0.15) is 5.82 Å². The van der Waals surface area contributed by atoms with Gasteiger partial charge in [-0.1, -0.05) is 0 Å². The predicted molar refractivity (Wildman–Crippen MR) is 83.8 cm³/mol. The summed E-state index contributed by atoms with van der Waals surface area (Å²) in [5.74, 6) is 0.953. The Morgan fingerprint density at radius 3 is 2.48 bits per heavy atom. The number of benzene rings is 1. The number of nitrogens with two attached hydrogens (primary N) is 1. The number of nitrogens with zero attached hydrogens (tertiary/aromatic N) is 1. The third kappa shape index (κ3) is 3.43. The Bertz CT molecular complexity index is 659. The third-order valence-electron chi connectivity index (χ3n) is 2.77. The fraction of sp³-hybridized carbons (Fsp3) is 0.143. The van der Waals surface area contributed by atoms with Gasteiger partial charge in [0.15, 0.2) is 11.5 Å². The van der Waals surface area contributed by atoms with Crippen molar-refractivity contribution in [1.82, 2.24) is 4.98 Å². The SMILES string of the molecule is COc1cc(N)c(C(=O)Nc2ccc(Br)cn2)cc1OC. The lowest BCUT2D eigenvalue weighted by Gasteiger charge is -2.12. The summed E-state index contributed by atoms with van der Waals surface area (Å²) in [7, 11) is 2.99. The molecule has 1 aromatic carbocycles. The zero-order valence-electron chi connectivity index (χ0n) is 11.5. The number of ether oxygens (including phenoxy) is 2. The van der Waals surface area contributed by atoms with Crippen LogP contribution in [0.3, 0.4) is 0 Å². The number of hydrogen-bond donors (Lipinski definition) is 2. The number of anilines is 2. The number of halogens is 1. The van der Waals surface area contributed by atoms with Gasteiger partial charge in [0.25, 0.3) is 5.91 Å². The minimum Gasteiger partial charge on any atom is -0.493 e. The molecule has 21 heavy (non-hydrogen) atoms. The number of carbonyl (C=O) groups excluding carboxylic acids is 1. The molecule has 0 aliphatic carbocycles. The van der Waals surface area contributed by atoms with Crippen LogP contribution < -0.4 is 20.5 Å². The highest BCUT2D eigenvalue weighted by Crippen LogP contribution is 2.32. The van der Waals surface area contributed by atoms with Gasteiger partial charge >= 0.3 is 0 Å². The zero-order chi connectivity index (χ0) is 15.4. The van der Waals surface area contributed by atoms with E-state index in [9.17, 15) is 4.79 Å². The van der Waals surface area contributed by atoms with Crippen molar-refractivity contribution in [2.75, 3.05) is 25.3 Å². The van der Waals surface area contributed by atoms with Crippen LogP contribution in [0.5, 0.6) is 11.5 Å². The first-order valence-corrected chi connectivity index (χ1v) is 6.79. The number of amides is 1. The normalized spacial score (nSPS) is 10.0. The quantitative estimate of drug-likeness (QED) is 0.827. The summed E-state index contributed by atoms with van der Waals surface area (Å²) in [6.07, 6.45) is 1.59. The van der Waals surface area contributed by atoms with Crippen molar-refractivity contribution in [3.05, 3.63) is 40.5 Å². The molecule has 0 radical (unpaired) electrons. The highest BCUT2D eigenvalue weighted by Gasteiger charge is 2.15. The Morgan fingerprint density at radius 2 is 1.90 bits per heavy atom. The Morgan fingerprint density at radius 1 is 1.24 bits per heavy atom. The van der Waals surface area contributed by atoms with Crippen LogP contribution in [0.1, 0.15) is 10.4 Å². The van der Waals surface area contributed by atoms with E-state index in [1.807, 2.05) is 0 Å². The van der Waals surface area contributed by atoms with Gasteiger partial charge in [-0.05, 0) is 34.1 Å². The van der Waals surface area contributed by atoms with Gasteiger partial charge in [0, 0.05) is 22.4 Å². The van der Waals surface area contributed by atoms with Crippen LogP contribution in [0.25, 0.3) is 0 Å². The van der Waals surface area contributed by atoms with Gasteiger partial charge < -0.3 is 20.5 Å². The molecule has 2 rings (SSSR count). The lowest BCUT2D eigenvalue weighted by Crippen LogP contribution is -2.15. The molecule has 1 heterocycles. The van der Waals surface area contributed by atoms with Crippen LogP contribution in [0.15, 0.2) is 34.9 Å². The molecule has 1 amide bonds. The van der Waals surface area contributed by atoms with E-state index in [1.165, 1.54) is 20.3 Å². The molecular weight excluding hydrogens is 338 g/mol. The molecule has 2 aromatic rings. The number of methoxy groups -OCH3 is 2. The topological polar surface area (TPSA) is 86.5 Å². The number of pyridine rings is 1. The second-order valence-corrected chi connectivity index (χ2v) is 5.03. The van der Waals surface area contributed by atoms with Crippen molar-refractivity contribution in [3.8, 4) is 11.5 Å². The number of aromatic nitrogens is 1. The summed E-state index contributed by atoms with van der Waals surface area (Å²) in [5, 5.41) is 2.67. The van der Waals surface area contributed by atoms with Gasteiger partial charge in [-0.25, -0.2) is 4.98 Å². The number of carbonyl (C=O) groups is 1. The second-order valence-electron chi connectivity index (χ2n) is 4.11. The summed E-state index contributed by atoms with van der Waals surface area (Å²) in [4.78, 5) is 16.3. The fourth-order valence-corrected chi connectivity index (χ4v) is 1.96. The van der Waals surface area contributed by atoms with Gasteiger partial charge in [-0.2, -0.15) is 0 Å². The summed E-state index contributed by atoms with van der Waals surface area (Å²) in [6, 6.07) is 6.53. The van der Waals surface area contributed by atoms with E-state index in [4.69, 9.17) is 15.2 Å². The van der Waals surface area contributed by atoms with E-state index in [0.717, 1.165) is 4.47 Å².